The zero-order valence-corrected chi connectivity index (χ0v) is 20.0. The van der Waals surface area contributed by atoms with Gasteiger partial charge in [0.25, 0.3) is 0 Å². The SMILES string of the molecule is CCOC(=O)C(C)CC(C)Oc1cc(/C=C/C2=C(C#N)C(=C(C#N)C#N)OC2(C)C)ccc1N. The molecule has 2 N–H and O–H groups in total. The average molecular weight is 461 g/mol. The van der Waals surface area contributed by atoms with Crippen LogP contribution in [0.5, 0.6) is 5.75 Å². The van der Waals surface area contributed by atoms with E-state index in [1.54, 1.807) is 70.2 Å². The predicted molar refractivity (Wildman–Crippen MR) is 126 cm³/mol. The summed E-state index contributed by atoms with van der Waals surface area (Å²) in [5.74, 6) is -0.119. The number of esters is 1. The minimum absolute atomic E-state index is 0.0111. The molecule has 0 amide bonds. The van der Waals surface area contributed by atoms with Gasteiger partial charge in [-0.2, -0.15) is 15.8 Å². The number of benzene rings is 1. The van der Waals surface area contributed by atoms with Crippen molar-refractivity contribution in [3.63, 3.8) is 0 Å². The van der Waals surface area contributed by atoms with Gasteiger partial charge in [-0.3, -0.25) is 4.79 Å². The maximum atomic E-state index is 11.9. The molecule has 0 radical (unpaired) electrons. The quantitative estimate of drug-likeness (QED) is 0.338. The highest BCUT2D eigenvalue weighted by molar-refractivity contribution is 5.72. The lowest BCUT2D eigenvalue weighted by molar-refractivity contribution is -0.148. The van der Waals surface area contributed by atoms with Gasteiger partial charge in [-0.05, 0) is 51.8 Å². The van der Waals surface area contributed by atoms with Crippen LogP contribution in [0.2, 0.25) is 0 Å². The molecule has 0 saturated carbocycles. The van der Waals surface area contributed by atoms with E-state index in [2.05, 4.69) is 0 Å². The summed E-state index contributed by atoms with van der Waals surface area (Å²) >= 11 is 0. The van der Waals surface area contributed by atoms with Crippen LogP contribution in [0.25, 0.3) is 6.08 Å². The molecule has 2 rings (SSSR count). The number of carbonyl (C=O) groups is 1. The zero-order valence-electron chi connectivity index (χ0n) is 20.0. The van der Waals surface area contributed by atoms with Crippen molar-refractivity contribution >= 4 is 17.7 Å². The second-order valence-corrected chi connectivity index (χ2v) is 8.39. The molecular weight excluding hydrogens is 432 g/mol. The first-order valence-electron chi connectivity index (χ1n) is 10.9. The molecule has 2 unspecified atom stereocenters. The fourth-order valence-corrected chi connectivity index (χ4v) is 3.56. The molecule has 0 saturated heterocycles. The van der Waals surface area contributed by atoms with Crippen molar-refractivity contribution in [2.75, 3.05) is 12.3 Å². The molecular formula is C26H28N4O4. The van der Waals surface area contributed by atoms with Crippen LogP contribution in [0.1, 0.15) is 46.6 Å². The smallest absolute Gasteiger partial charge is 0.308 e. The second kappa shape index (κ2) is 11.1. The molecule has 0 spiro atoms. The minimum atomic E-state index is -0.902. The van der Waals surface area contributed by atoms with E-state index in [0.29, 0.717) is 30.0 Å². The summed E-state index contributed by atoms with van der Waals surface area (Å²) in [5.41, 5.74) is 6.83. The minimum Gasteiger partial charge on any atom is -0.489 e. The third-order valence-electron chi connectivity index (χ3n) is 5.25. The van der Waals surface area contributed by atoms with E-state index in [9.17, 15) is 20.6 Å². The highest BCUT2D eigenvalue weighted by atomic mass is 16.5. The first-order valence-corrected chi connectivity index (χ1v) is 10.9. The Hall–Kier alpha value is -4.22. The summed E-state index contributed by atoms with van der Waals surface area (Å²) in [6, 6.07) is 10.9. The van der Waals surface area contributed by atoms with Crippen molar-refractivity contribution in [1.82, 2.24) is 0 Å². The van der Waals surface area contributed by atoms with Crippen molar-refractivity contribution < 1.29 is 19.0 Å². The van der Waals surface area contributed by atoms with Gasteiger partial charge in [-0.25, -0.2) is 0 Å². The number of hydrogen-bond acceptors (Lipinski definition) is 8. The van der Waals surface area contributed by atoms with E-state index in [0.717, 1.165) is 5.56 Å². The molecule has 34 heavy (non-hydrogen) atoms. The Morgan fingerprint density at radius 2 is 1.88 bits per heavy atom. The number of ether oxygens (including phenoxy) is 3. The molecule has 1 aliphatic heterocycles. The maximum absolute atomic E-state index is 11.9. The number of allylic oxidation sites excluding steroid dienone is 2. The van der Waals surface area contributed by atoms with Crippen molar-refractivity contribution in [2.24, 2.45) is 5.92 Å². The number of anilines is 1. The first-order chi connectivity index (χ1) is 16.1. The number of carbonyl (C=O) groups excluding carboxylic acids is 1. The monoisotopic (exact) mass is 460 g/mol. The zero-order chi connectivity index (χ0) is 25.5. The van der Waals surface area contributed by atoms with Gasteiger partial charge in [-0.1, -0.05) is 25.1 Å². The molecule has 176 valence electrons. The van der Waals surface area contributed by atoms with Crippen LogP contribution >= 0.6 is 0 Å². The number of rotatable bonds is 8. The highest BCUT2D eigenvalue weighted by Gasteiger charge is 2.38. The molecule has 1 aromatic rings. The molecule has 2 atom stereocenters. The average Bonchev–Trinajstić information content (AvgIpc) is 3.04. The Morgan fingerprint density at radius 3 is 2.47 bits per heavy atom. The molecule has 0 aliphatic carbocycles. The van der Waals surface area contributed by atoms with Crippen molar-refractivity contribution in [2.45, 2.75) is 52.7 Å². The Morgan fingerprint density at radius 1 is 1.21 bits per heavy atom. The summed E-state index contributed by atoms with van der Waals surface area (Å²) in [6.07, 6.45) is 3.69. The summed E-state index contributed by atoms with van der Waals surface area (Å²) in [7, 11) is 0. The second-order valence-electron chi connectivity index (χ2n) is 8.39. The van der Waals surface area contributed by atoms with Gasteiger partial charge in [0.2, 0.25) is 0 Å². The third-order valence-corrected chi connectivity index (χ3v) is 5.25. The molecule has 1 aromatic carbocycles. The molecule has 1 aliphatic rings. The standard InChI is InChI=1S/C26H28N4O4/c1-6-32-25(31)16(2)11-17(3)33-23-12-18(8-10-22(23)30)7-9-21-20(15-29)24(19(13-27)14-28)34-26(21,4)5/h7-10,12,16-17H,6,11,30H2,1-5H3/b9-7+. The number of nitrogen functional groups attached to an aromatic ring is 1. The van der Waals surface area contributed by atoms with E-state index in [4.69, 9.17) is 19.9 Å². The molecule has 8 nitrogen and oxygen atoms in total. The Balaban J connectivity index is 2.30. The lowest BCUT2D eigenvalue weighted by Crippen LogP contribution is -2.23. The van der Waals surface area contributed by atoms with Gasteiger partial charge < -0.3 is 19.9 Å². The third kappa shape index (κ3) is 5.97. The summed E-state index contributed by atoms with van der Waals surface area (Å²) in [6.45, 7) is 9.26. The number of nitrogens with zero attached hydrogens (tertiary/aromatic N) is 3. The van der Waals surface area contributed by atoms with E-state index < -0.39 is 5.60 Å². The van der Waals surface area contributed by atoms with Crippen LogP contribution in [0.4, 0.5) is 5.69 Å². The fraction of sp³-hybridized carbons (Fsp3) is 0.385. The van der Waals surface area contributed by atoms with E-state index in [1.165, 1.54) is 0 Å². The number of hydrogen-bond donors (Lipinski definition) is 1. The summed E-state index contributed by atoms with van der Waals surface area (Å²) in [5, 5.41) is 28.0. The normalized spacial score (nSPS) is 16.1. The van der Waals surface area contributed by atoms with Crippen LogP contribution in [0, 0.1) is 39.9 Å². The Bertz CT molecular complexity index is 1160. The Labute approximate surface area is 200 Å². The van der Waals surface area contributed by atoms with Gasteiger partial charge in [0, 0.05) is 5.57 Å². The molecule has 0 aromatic heterocycles. The predicted octanol–water partition coefficient (Wildman–Crippen LogP) is 4.57. The summed E-state index contributed by atoms with van der Waals surface area (Å²) < 4.78 is 16.8. The molecule has 8 heteroatoms. The topological polar surface area (TPSA) is 142 Å². The highest BCUT2D eigenvalue weighted by Crippen LogP contribution is 2.40. The van der Waals surface area contributed by atoms with E-state index >= 15 is 0 Å². The number of nitrogens with two attached hydrogens (primary N) is 1. The van der Waals surface area contributed by atoms with Gasteiger partial charge >= 0.3 is 5.97 Å². The van der Waals surface area contributed by atoms with Gasteiger partial charge in [0.15, 0.2) is 11.3 Å². The largest absolute Gasteiger partial charge is 0.489 e. The van der Waals surface area contributed by atoms with Crippen LogP contribution in [0.3, 0.4) is 0 Å². The fourth-order valence-electron chi connectivity index (χ4n) is 3.56. The maximum Gasteiger partial charge on any atom is 0.308 e. The van der Waals surface area contributed by atoms with Gasteiger partial charge in [0.1, 0.15) is 35.1 Å². The van der Waals surface area contributed by atoms with Crippen LogP contribution < -0.4 is 10.5 Å². The van der Waals surface area contributed by atoms with Gasteiger partial charge in [0.05, 0.1) is 24.3 Å². The summed E-state index contributed by atoms with van der Waals surface area (Å²) in [4.78, 5) is 11.9. The lowest BCUT2D eigenvalue weighted by Gasteiger charge is -2.21. The van der Waals surface area contributed by atoms with Crippen LogP contribution in [0.15, 0.2) is 46.8 Å². The molecule has 1 heterocycles. The van der Waals surface area contributed by atoms with Crippen molar-refractivity contribution in [3.8, 4) is 24.0 Å². The molecule has 0 fully saturated rings. The molecule has 0 bridgehead atoms. The number of nitriles is 3. The van der Waals surface area contributed by atoms with Crippen molar-refractivity contribution in [1.29, 1.82) is 15.8 Å². The van der Waals surface area contributed by atoms with E-state index in [1.807, 2.05) is 13.0 Å². The van der Waals surface area contributed by atoms with Crippen LogP contribution in [-0.4, -0.2) is 24.3 Å². The van der Waals surface area contributed by atoms with Crippen molar-refractivity contribution in [3.05, 3.63) is 52.3 Å². The lowest BCUT2D eigenvalue weighted by atomic mass is 9.94. The Kier molecular flexibility index (Phi) is 8.48. The van der Waals surface area contributed by atoms with Crippen LogP contribution in [-0.2, 0) is 14.3 Å². The van der Waals surface area contributed by atoms with E-state index in [-0.39, 0.29) is 34.9 Å². The first kappa shape index (κ1) is 26.0. The van der Waals surface area contributed by atoms with Gasteiger partial charge in [-0.15, -0.1) is 0 Å².